The number of aryl methyl sites for hydroxylation is 1. The Bertz CT molecular complexity index is 1010. The summed E-state index contributed by atoms with van der Waals surface area (Å²) in [5.41, 5.74) is 3.42. The second-order valence-electron chi connectivity index (χ2n) is 10.4. The van der Waals surface area contributed by atoms with Gasteiger partial charge in [-0.1, -0.05) is 49.5 Å². The quantitative estimate of drug-likeness (QED) is 0.293. The van der Waals surface area contributed by atoms with E-state index < -0.39 is 10.0 Å². The smallest absolute Gasteiger partial charge is 0.247 e. The predicted octanol–water partition coefficient (Wildman–Crippen LogP) is 6.24. The lowest BCUT2D eigenvalue weighted by Gasteiger charge is -2.55. The van der Waals surface area contributed by atoms with Gasteiger partial charge in [-0.05, 0) is 82.8 Å². The number of phenols is 2. The number of hydrogen-bond donors (Lipinski definition) is 2. The van der Waals surface area contributed by atoms with Crippen LogP contribution in [0.3, 0.4) is 0 Å². The molecular weight excluding hydrogens is 434 g/mol. The number of rotatable bonds is 11. The maximum Gasteiger partial charge on any atom is 0.247 e. The molecule has 1 saturated carbocycles. The van der Waals surface area contributed by atoms with Crippen LogP contribution in [0.5, 0.6) is 11.5 Å². The van der Waals surface area contributed by atoms with Gasteiger partial charge in [0.05, 0.1) is 0 Å². The Kier molecular flexibility index (Phi) is 8.33. The molecule has 1 aromatic carbocycles. The summed E-state index contributed by atoms with van der Waals surface area (Å²) in [5.74, 6) is -0.297. The number of benzene rings is 1. The van der Waals surface area contributed by atoms with Crippen LogP contribution in [0.2, 0.25) is 0 Å². The Morgan fingerprint density at radius 3 is 2.39 bits per heavy atom. The highest BCUT2D eigenvalue weighted by Crippen LogP contribution is 2.51. The fraction of sp³-hybridized carbons (Fsp3) is 0.630. The van der Waals surface area contributed by atoms with Crippen molar-refractivity contribution in [2.45, 2.75) is 96.8 Å². The number of hydrogen-bond acceptors (Lipinski definition) is 4. The second kappa shape index (κ2) is 10.6. The van der Waals surface area contributed by atoms with E-state index in [9.17, 15) is 18.6 Å². The van der Waals surface area contributed by atoms with Crippen LogP contribution in [0.15, 0.2) is 34.3 Å². The molecule has 1 aliphatic carbocycles. The van der Waals surface area contributed by atoms with Gasteiger partial charge in [0, 0.05) is 18.7 Å². The molecule has 1 heterocycles. The minimum absolute atomic E-state index is 0.0103. The molecule has 1 saturated heterocycles. The molecule has 33 heavy (non-hydrogen) atoms. The molecule has 0 radical (unpaired) electrons. The number of allylic oxidation sites excluding steroid dienone is 4. The Morgan fingerprint density at radius 1 is 1.12 bits per heavy atom. The van der Waals surface area contributed by atoms with Crippen molar-refractivity contribution in [3.63, 3.8) is 0 Å². The van der Waals surface area contributed by atoms with E-state index in [-0.39, 0.29) is 21.8 Å². The first kappa shape index (κ1) is 25.8. The molecule has 6 heteroatoms. The molecule has 2 aliphatic rings. The average molecular weight is 476 g/mol. The normalized spacial score (nSPS) is 18.1. The highest BCUT2D eigenvalue weighted by molar-refractivity contribution is 7.89. The molecule has 184 valence electrons. The van der Waals surface area contributed by atoms with Gasteiger partial charge in [0.25, 0.3) is 0 Å². The van der Waals surface area contributed by atoms with Crippen molar-refractivity contribution in [3.05, 3.63) is 40.5 Å². The third-order valence-corrected chi connectivity index (χ3v) is 9.15. The summed E-state index contributed by atoms with van der Waals surface area (Å²) in [6.45, 7) is 9.36. The molecule has 0 bridgehead atoms. The zero-order valence-corrected chi connectivity index (χ0v) is 21.6. The molecule has 2 N–H and O–H groups in total. The topological polar surface area (TPSA) is 77.8 Å². The van der Waals surface area contributed by atoms with Gasteiger partial charge in [-0.2, -0.15) is 4.31 Å². The Labute approximate surface area is 200 Å². The lowest BCUT2D eigenvalue weighted by Crippen LogP contribution is -2.61. The number of nitrogens with zero attached hydrogens (tertiary/aromatic N) is 1. The number of unbranched alkanes of at least 4 members (excludes halogenated alkanes) is 2. The minimum Gasteiger partial charge on any atom is -0.508 e. The van der Waals surface area contributed by atoms with Crippen molar-refractivity contribution >= 4 is 10.0 Å². The minimum atomic E-state index is -3.81. The second-order valence-corrected chi connectivity index (χ2v) is 12.2. The van der Waals surface area contributed by atoms with Crippen LogP contribution in [0.4, 0.5) is 0 Å². The summed E-state index contributed by atoms with van der Waals surface area (Å²) in [4.78, 5) is 0.0103. The monoisotopic (exact) mass is 475 g/mol. The lowest BCUT2D eigenvalue weighted by molar-refractivity contribution is -0.00804. The number of aromatic hydroxyl groups is 2. The molecule has 1 aliphatic heterocycles. The van der Waals surface area contributed by atoms with Gasteiger partial charge < -0.3 is 10.2 Å². The molecule has 0 atom stereocenters. The maximum atomic E-state index is 13.6. The van der Waals surface area contributed by atoms with Crippen molar-refractivity contribution in [2.24, 2.45) is 5.41 Å². The van der Waals surface area contributed by atoms with Crippen LogP contribution in [0, 0.1) is 5.41 Å². The van der Waals surface area contributed by atoms with Crippen molar-refractivity contribution in [1.82, 2.24) is 4.31 Å². The van der Waals surface area contributed by atoms with Gasteiger partial charge in [-0.3, -0.25) is 0 Å². The molecule has 0 unspecified atom stereocenters. The third kappa shape index (κ3) is 5.83. The average Bonchev–Trinajstić information content (AvgIpc) is 2.64. The predicted molar refractivity (Wildman–Crippen MR) is 134 cm³/mol. The van der Waals surface area contributed by atoms with Gasteiger partial charge in [0.15, 0.2) is 0 Å². The Hall–Kier alpha value is -1.79. The van der Waals surface area contributed by atoms with Gasteiger partial charge in [-0.25, -0.2) is 8.42 Å². The molecule has 5 nitrogen and oxygen atoms in total. The summed E-state index contributed by atoms with van der Waals surface area (Å²) in [6.07, 6.45) is 13.0. The van der Waals surface area contributed by atoms with E-state index in [2.05, 4.69) is 26.8 Å². The fourth-order valence-corrected chi connectivity index (χ4v) is 6.93. The Balaban J connectivity index is 1.89. The molecule has 3 rings (SSSR count). The SMILES string of the molecule is CCCCCc1cc(O)c(C/C=C(\C)CCC=C(C)C)c(O)c1S(=O)(=O)N1CC2(CCC2)C1. The van der Waals surface area contributed by atoms with Gasteiger partial charge in [0.1, 0.15) is 16.4 Å². The summed E-state index contributed by atoms with van der Waals surface area (Å²) in [6, 6.07) is 1.57. The van der Waals surface area contributed by atoms with Crippen LogP contribution in [0.1, 0.15) is 90.2 Å². The van der Waals surface area contributed by atoms with E-state index in [0.29, 0.717) is 37.1 Å². The number of sulfonamides is 1. The molecule has 1 spiro atoms. The van der Waals surface area contributed by atoms with Gasteiger partial charge in [-0.15, -0.1) is 0 Å². The van der Waals surface area contributed by atoms with Crippen LogP contribution in [0.25, 0.3) is 0 Å². The van der Waals surface area contributed by atoms with Crippen molar-refractivity contribution in [2.75, 3.05) is 13.1 Å². The molecule has 0 amide bonds. The standard InChI is InChI=1S/C27H41NO4S/c1-5-6-7-12-22-17-24(29)23(14-13-21(4)11-8-10-20(2)3)25(30)26(22)33(31,32)28-18-27(19-28)15-9-16-27/h10,13,17,29-30H,5-9,11-12,14-16,18-19H2,1-4H3/b21-13+. The van der Waals surface area contributed by atoms with Crippen molar-refractivity contribution in [1.29, 1.82) is 0 Å². The largest absolute Gasteiger partial charge is 0.508 e. The zero-order chi connectivity index (χ0) is 24.2. The molecule has 2 fully saturated rings. The zero-order valence-electron chi connectivity index (χ0n) is 20.8. The highest BCUT2D eigenvalue weighted by atomic mass is 32.2. The van der Waals surface area contributed by atoms with E-state index in [1.807, 2.05) is 13.0 Å². The third-order valence-electron chi connectivity index (χ3n) is 7.24. The first-order valence-electron chi connectivity index (χ1n) is 12.5. The van der Waals surface area contributed by atoms with Crippen molar-refractivity contribution in [3.8, 4) is 11.5 Å². The molecule has 0 aromatic heterocycles. The first-order valence-corrected chi connectivity index (χ1v) is 13.9. The maximum absolute atomic E-state index is 13.6. The van der Waals surface area contributed by atoms with E-state index in [0.717, 1.165) is 50.5 Å². The van der Waals surface area contributed by atoms with Gasteiger partial charge >= 0.3 is 0 Å². The summed E-state index contributed by atoms with van der Waals surface area (Å²) < 4.78 is 28.7. The first-order chi connectivity index (χ1) is 15.6. The van der Waals surface area contributed by atoms with Crippen molar-refractivity contribution < 1.29 is 18.6 Å². The number of phenolic OH excluding ortho intramolecular Hbond substituents is 2. The van der Waals surface area contributed by atoms with Crippen LogP contribution >= 0.6 is 0 Å². The van der Waals surface area contributed by atoms with E-state index in [1.54, 1.807) is 6.07 Å². The van der Waals surface area contributed by atoms with E-state index in [1.165, 1.54) is 16.3 Å². The van der Waals surface area contributed by atoms with Gasteiger partial charge in [0.2, 0.25) is 10.0 Å². The van der Waals surface area contributed by atoms with Crippen LogP contribution < -0.4 is 0 Å². The van der Waals surface area contributed by atoms with Crippen LogP contribution in [-0.4, -0.2) is 36.0 Å². The molecular formula is C27H41NO4S. The van der Waals surface area contributed by atoms with E-state index in [4.69, 9.17) is 0 Å². The molecule has 1 aromatic rings. The van der Waals surface area contributed by atoms with E-state index >= 15 is 0 Å². The summed E-state index contributed by atoms with van der Waals surface area (Å²) in [5, 5.41) is 21.9. The highest BCUT2D eigenvalue weighted by Gasteiger charge is 2.52. The lowest BCUT2D eigenvalue weighted by atomic mass is 9.65. The van der Waals surface area contributed by atoms with Crippen LogP contribution in [-0.2, 0) is 22.9 Å². The Morgan fingerprint density at radius 2 is 1.82 bits per heavy atom. The fourth-order valence-electron chi connectivity index (χ4n) is 4.93. The summed E-state index contributed by atoms with van der Waals surface area (Å²) in [7, 11) is -3.81. The summed E-state index contributed by atoms with van der Waals surface area (Å²) >= 11 is 0.